The van der Waals surface area contributed by atoms with Crippen molar-refractivity contribution in [3.05, 3.63) is 78.9 Å². The Hall–Kier alpha value is -2.25. The SMILES string of the molecule is Cl.Nc1cc(-c2ccccc2)cc(-c2ccccc2)c1. The van der Waals surface area contributed by atoms with Gasteiger partial charge in [0.1, 0.15) is 0 Å². The Morgan fingerprint density at radius 1 is 0.500 bits per heavy atom. The van der Waals surface area contributed by atoms with Gasteiger partial charge in [-0.25, -0.2) is 0 Å². The van der Waals surface area contributed by atoms with Crippen LogP contribution >= 0.6 is 12.4 Å². The number of nitrogen functional groups attached to an aromatic ring is 1. The molecule has 3 rings (SSSR count). The van der Waals surface area contributed by atoms with Gasteiger partial charge in [0.2, 0.25) is 0 Å². The zero-order valence-electron chi connectivity index (χ0n) is 11.0. The van der Waals surface area contributed by atoms with Gasteiger partial charge in [-0.3, -0.25) is 0 Å². The highest BCUT2D eigenvalue weighted by atomic mass is 35.5. The molecule has 0 bridgehead atoms. The lowest BCUT2D eigenvalue weighted by Crippen LogP contribution is -1.88. The molecule has 0 atom stereocenters. The van der Waals surface area contributed by atoms with Crippen molar-refractivity contribution in [3.8, 4) is 22.3 Å². The third-order valence-electron chi connectivity index (χ3n) is 3.17. The lowest BCUT2D eigenvalue weighted by atomic mass is 9.98. The van der Waals surface area contributed by atoms with Gasteiger partial charge in [-0.05, 0) is 40.5 Å². The van der Waals surface area contributed by atoms with Crippen LogP contribution in [-0.2, 0) is 0 Å². The Balaban J connectivity index is 0.00000147. The first-order chi connectivity index (χ1) is 9.33. The number of nitrogens with two attached hydrogens (primary N) is 1. The highest BCUT2D eigenvalue weighted by Crippen LogP contribution is 2.29. The van der Waals surface area contributed by atoms with E-state index in [-0.39, 0.29) is 12.4 Å². The molecule has 0 fully saturated rings. The summed E-state index contributed by atoms with van der Waals surface area (Å²) in [5.41, 5.74) is 11.5. The topological polar surface area (TPSA) is 26.0 Å². The number of hydrogen-bond donors (Lipinski definition) is 1. The lowest BCUT2D eigenvalue weighted by molar-refractivity contribution is 1.58. The molecule has 0 aliphatic heterocycles. The van der Waals surface area contributed by atoms with Crippen LogP contribution in [0.1, 0.15) is 0 Å². The molecule has 0 saturated carbocycles. The largest absolute Gasteiger partial charge is 0.399 e. The highest BCUT2D eigenvalue weighted by Gasteiger charge is 2.03. The van der Waals surface area contributed by atoms with E-state index in [1.807, 2.05) is 48.5 Å². The van der Waals surface area contributed by atoms with Gasteiger partial charge in [-0.2, -0.15) is 0 Å². The molecule has 0 aliphatic carbocycles. The summed E-state index contributed by atoms with van der Waals surface area (Å²) in [6.07, 6.45) is 0. The molecule has 100 valence electrons. The monoisotopic (exact) mass is 281 g/mol. The molecular weight excluding hydrogens is 266 g/mol. The smallest absolute Gasteiger partial charge is 0.0326 e. The molecule has 0 heterocycles. The number of halogens is 1. The van der Waals surface area contributed by atoms with Crippen molar-refractivity contribution < 1.29 is 0 Å². The summed E-state index contributed by atoms with van der Waals surface area (Å²) < 4.78 is 0. The predicted octanol–water partition coefficient (Wildman–Crippen LogP) is 5.02. The Kier molecular flexibility index (Phi) is 4.44. The Labute approximate surface area is 125 Å². The minimum Gasteiger partial charge on any atom is -0.399 e. The van der Waals surface area contributed by atoms with E-state index in [9.17, 15) is 0 Å². The van der Waals surface area contributed by atoms with Crippen molar-refractivity contribution in [2.75, 3.05) is 5.73 Å². The van der Waals surface area contributed by atoms with Crippen LogP contribution in [0.2, 0.25) is 0 Å². The first-order valence-corrected chi connectivity index (χ1v) is 6.34. The molecule has 0 saturated heterocycles. The zero-order chi connectivity index (χ0) is 13.1. The maximum atomic E-state index is 6.03. The summed E-state index contributed by atoms with van der Waals surface area (Å²) in [6, 6.07) is 26.8. The predicted molar refractivity (Wildman–Crippen MR) is 89.0 cm³/mol. The fraction of sp³-hybridized carbons (Fsp3) is 0. The average Bonchev–Trinajstić information content (AvgIpc) is 2.48. The van der Waals surface area contributed by atoms with Crippen molar-refractivity contribution in [1.29, 1.82) is 0 Å². The minimum absolute atomic E-state index is 0. The fourth-order valence-electron chi connectivity index (χ4n) is 2.25. The summed E-state index contributed by atoms with van der Waals surface area (Å²) >= 11 is 0. The van der Waals surface area contributed by atoms with Crippen molar-refractivity contribution in [3.63, 3.8) is 0 Å². The number of hydrogen-bond acceptors (Lipinski definition) is 1. The van der Waals surface area contributed by atoms with E-state index in [1.165, 1.54) is 11.1 Å². The van der Waals surface area contributed by atoms with Gasteiger partial charge in [0, 0.05) is 5.69 Å². The van der Waals surface area contributed by atoms with Gasteiger partial charge in [-0.15, -0.1) is 12.4 Å². The minimum atomic E-state index is 0. The van der Waals surface area contributed by atoms with Crippen LogP contribution in [-0.4, -0.2) is 0 Å². The fourth-order valence-corrected chi connectivity index (χ4v) is 2.25. The van der Waals surface area contributed by atoms with Gasteiger partial charge < -0.3 is 5.73 Å². The van der Waals surface area contributed by atoms with E-state index in [2.05, 4.69) is 30.3 Å². The van der Waals surface area contributed by atoms with E-state index in [4.69, 9.17) is 5.73 Å². The molecule has 0 aromatic heterocycles. The molecule has 3 aromatic rings. The van der Waals surface area contributed by atoms with E-state index >= 15 is 0 Å². The first-order valence-electron chi connectivity index (χ1n) is 6.34. The molecule has 1 nitrogen and oxygen atoms in total. The second kappa shape index (κ2) is 6.27. The molecule has 2 N–H and O–H groups in total. The van der Waals surface area contributed by atoms with Crippen LogP contribution in [0.25, 0.3) is 22.3 Å². The van der Waals surface area contributed by atoms with E-state index in [0.717, 1.165) is 16.8 Å². The Morgan fingerprint density at radius 3 is 1.30 bits per heavy atom. The molecule has 3 aromatic carbocycles. The Morgan fingerprint density at radius 2 is 0.900 bits per heavy atom. The van der Waals surface area contributed by atoms with Crippen molar-refractivity contribution in [1.82, 2.24) is 0 Å². The summed E-state index contributed by atoms with van der Waals surface area (Å²) in [5, 5.41) is 0. The van der Waals surface area contributed by atoms with Crippen LogP contribution in [0.15, 0.2) is 78.9 Å². The van der Waals surface area contributed by atoms with Crippen LogP contribution in [0, 0.1) is 0 Å². The molecule has 0 unspecified atom stereocenters. The van der Waals surface area contributed by atoms with Crippen LogP contribution in [0.3, 0.4) is 0 Å². The average molecular weight is 282 g/mol. The van der Waals surface area contributed by atoms with Gasteiger partial charge >= 0.3 is 0 Å². The molecule has 20 heavy (non-hydrogen) atoms. The van der Waals surface area contributed by atoms with Crippen molar-refractivity contribution in [2.24, 2.45) is 0 Å². The maximum Gasteiger partial charge on any atom is 0.0326 e. The third-order valence-corrected chi connectivity index (χ3v) is 3.17. The zero-order valence-corrected chi connectivity index (χ0v) is 11.8. The summed E-state index contributed by atoms with van der Waals surface area (Å²) in [5.74, 6) is 0. The summed E-state index contributed by atoms with van der Waals surface area (Å²) in [6.45, 7) is 0. The third kappa shape index (κ3) is 3.01. The normalized spacial score (nSPS) is 9.80. The molecule has 2 heteroatoms. The molecule has 0 radical (unpaired) electrons. The van der Waals surface area contributed by atoms with Gasteiger partial charge in [0.15, 0.2) is 0 Å². The summed E-state index contributed by atoms with van der Waals surface area (Å²) in [7, 11) is 0. The number of anilines is 1. The number of rotatable bonds is 2. The van der Waals surface area contributed by atoms with Gasteiger partial charge in [0.05, 0.1) is 0 Å². The molecule has 0 spiro atoms. The maximum absolute atomic E-state index is 6.03. The lowest BCUT2D eigenvalue weighted by Gasteiger charge is -2.08. The van der Waals surface area contributed by atoms with Crippen molar-refractivity contribution in [2.45, 2.75) is 0 Å². The summed E-state index contributed by atoms with van der Waals surface area (Å²) in [4.78, 5) is 0. The quantitative estimate of drug-likeness (QED) is 0.656. The van der Waals surface area contributed by atoms with E-state index < -0.39 is 0 Å². The highest BCUT2D eigenvalue weighted by molar-refractivity contribution is 5.85. The molecule has 0 aliphatic rings. The van der Waals surface area contributed by atoms with Crippen LogP contribution < -0.4 is 5.73 Å². The van der Waals surface area contributed by atoms with E-state index in [1.54, 1.807) is 0 Å². The first kappa shape index (κ1) is 14.2. The van der Waals surface area contributed by atoms with Crippen LogP contribution in [0.4, 0.5) is 5.69 Å². The number of benzene rings is 3. The van der Waals surface area contributed by atoms with E-state index in [0.29, 0.717) is 0 Å². The van der Waals surface area contributed by atoms with Crippen LogP contribution in [0.5, 0.6) is 0 Å². The Bertz CT molecular complexity index is 621. The second-order valence-electron chi connectivity index (χ2n) is 4.58. The van der Waals surface area contributed by atoms with Gasteiger partial charge in [-0.1, -0.05) is 60.7 Å². The van der Waals surface area contributed by atoms with Gasteiger partial charge in [0.25, 0.3) is 0 Å². The standard InChI is InChI=1S/C18H15N.ClH/c19-18-12-16(14-7-3-1-4-8-14)11-17(13-18)15-9-5-2-6-10-15;/h1-13H,19H2;1H. The second-order valence-corrected chi connectivity index (χ2v) is 4.58. The molecule has 0 amide bonds. The van der Waals surface area contributed by atoms with Crippen molar-refractivity contribution >= 4 is 18.1 Å². The molecular formula is C18H16ClN.